The van der Waals surface area contributed by atoms with Gasteiger partial charge in [0.25, 0.3) is 0 Å². The Hall–Kier alpha value is -0.550. The zero-order valence-electron chi connectivity index (χ0n) is 8.86. The van der Waals surface area contributed by atoms with E-state index < -0.39 is 12.6 Å². The van der Waals surface area contributed by atoms with Crippen LogP contribution < -0.4 is 5.32 Å². The number of hydrogen-bond acceptors (Lipinski definition) is 2. The topological polar surface area (TPSA) is 12.0 Å². The molecule has 0 aliphatic heterocycles. The maximum atomic E-state index is 11.9. The number of thiophene rings is 1. The Morgan fingerprint density at radius 1 is 1.31 bits per heavy atom. The molecular weight excluding hydrogens is 235 g/mol. The molecule has 1 N–H and O–H groups in total. The molecule has 1 nitrogen and oxygen atoms in total. The zero-order chi connectivity index (χ0) is 11.6. The maximum absolute atomic E-state index is 11.9. The Labute approximate surface area is 96.7 Å². The van der Waals surface area contributed by atoms with Crippen molar-refractivity contribution >= 4 is 11.3 Å². The monoisotopic (exact) mass is 249 g/mol. The van der Waals surface area contributed by atoms with Crippen molar-refractivity contribution in [3.63, 3.8) is 0 Å². The lowest BCUT2D eigenvalue weighted by Gasteiger charge is -2.06. The highest BCUT2D eigenvalue weighted by molar-refractivity contribution is 7.12. The Balaban J connectivity index is 1.73. The molecule has 0 bridgehead atoms. The lowest BCUT2D eigenvalue weighted by Crippen LogP contribution is -2.20. The van der Waals surface area contributed by atoms with E-state index in [1.165, 1.54) is 16.9 Å². The van der Waals surface area contributed by atoms with E-state index in [1.807, 2.05) is 0 Å². The van der Waals surface area contributed by atoms with Gasteiger partial charge in [0, 0.05) is 22.8 Å². The third-order valence-electron chi connectivity index (χ3n) is 2.68. The molecule has 5 heteroatoms. The Bertz CT molecular complexity index is 335. The van der Waals surface area contributed by atoms with Gasteiger partial charge in [0.2, 0.25) is 0 Å². The van der Waals surface area contributed by atoms with Crippen molar-refractivity contribution in [1.82, 2.24) is 5.32 Å². The molecular formula is C11H14F3NS. The van der Waals surface area contributed by atoms with Crippen LogP contribution in [-0.2, 0) is 19.4 Å². The zero-order valence-corrected chi connectivity index (χ0v) is 9.68. The van der Waals surface area contributed by atoms with Crippen LogP contribution in [0.3, 0.4) is 0 Å². The first kappa shape index (κ1) is 11.9. The summed E-state index contributed by atoms with van der Waals surface area (Å²) in [7, 11) is 0. The highest BCUT2D eigenvalue weighted by atomic mass is 32.1. The predicted octanol–water partition coefficient (Wildman–Crippen LogP) is 3.28. The lowest BCUT2D eigenvalue weighted by atomic mass is 10.2. The van der Waals surface area contributed by atoms with Crippen molar-refractivity contribution in [1.29, 1.82) is 0 Å². The molecule has 0 saturated heterocycles. The summed E-state index contributed by atoms with van der Waals surface area (Å²) in [6, 6.07) is 2.13. The first-order valence-electron chi connectivity index (χ1n) is 5.42. The van der Waals surface area contributed by atoms with Gasteiger partial charge in [0.05, 0.1) is 6.42 Å². The number of alkyl halides is 3. The Kier molecular flexibility index (Phi) is 3.54. The molecule has 1 aromatic heterocycles. The van der Waals surface area contributed by atoms with Gasteiger partial charge < -0.3 is 5.32 Å². The van der Waals surface area contributed by atoms with Gasteiger partial charge >= 0.3 is 6.18 Å². The number of halogens is 3. The molecule has 0 amide bonds. The summed E-state index contributed by atoms with van der Waals surface area (Å²) >= 11 is 1.74. The van der Waals surface area contributed by atoms with Crippen LogP contribution in [0.4, 0.5) is 13.2 Å². The molecule has 1 heterocycles. The highest BCUT2D eigenvalue weighted by Crippen LogP contribution is 2.30. The first-order chi connectivity index (χ1) is 7.54. The van der Waals surface area contributed by atoms with Crippen molar-refractivity contribution < 1.29 is 13.2 Å². The second-order valence-corrected chi connectivity index (χ2v) is 5.28. The van der Waals surface area contributed by atoms with E-state index >= 15 is 0 Å². The van der Waals surface area contributed by atoms with Crippen LogP contribution >= 0.6 is 11.3 Å². The molecule has 16 heavy (non-hydrogen) atoms. The van der Waals surface area contributed by atoms with Crippen molar-refractivity contribution in [3.05, 3.63) is 21.4 Å². The van der Waals surface area contributed by atoms with Crippen LogP contribution in [0.1, 0.15) is 28.2 Å². The third kappa shape index (κ3) is 3.22. The molecule has 0 aromatic carbocycles. The molecule has 0 atom stereocenters. The summed E-state index contributed by atoms with van der Waals surface area (Å²) in [5.74, 6) is 0. The van der Waals surface area contributed by atoms with Crippen LogP contribution in [0.25, 0.3) is 0 Å². The van der Waals surface area contributed by atoms with Crippen molar-refractivity contribution in [2.75, 3.05) is 6.54 Å². The lowest BCUT2D eigenvalue weighted by molar-refractivity contribution is -0.133. The smallest absolute Gasteiger partial charge is 0.312 e. The Morgan fingerprint density at radius 3 is 2.81 bits per heavy atom. The van der Waals surface area contributed by atoms with Crippen LogP contribution in [0, 0.1) is 0 Å². The van der Waals surface area contributed by atoms with Gasteiger partial charge in [-0.05, 0) is 30.9 Å². The van der Waals surface area contributed by atoms with E-state index in [4.69, 9.17) is 0 Å². The summed E-state index contributed by atoms with van der Waals surface area (Å²) in [6.07, 6.45) is -1.30. The second-order valence-electron chi connectivity index (χ2n) is 4.06. The maximum Gasteiger partial charge on any atom is 0.390 e. The van der Waals surface area contributed by atoms with E-state index in [0.29, 0.717) is 6.54 Å². The average molecular weight is 249 g/mol. The van der Waals surface area contributed by atoms with Crippen molar-refractivity contribution in [2.45, 2.75) is 38.4 Å². The quantitative estimate of drug-likeness (QED) is 0.807. The molecule has 1 aliphatic rings. The van der Waals surface area contributed by atoms with Crippen LogP contribution in [0.15, 0.2) is 6.07 Å². The van der Waals surface area contributed by atoms with Crippen LogP contribution in [-0.4, -0.2) is 12.7 Å². The van der Waals surface area contributed by atoms with E-state index in [2.05, 4.69) is 11.4 Å². The average Bonchev–Trinajstić information content (AvgIpc) is 2.70. The van der Waals surface area contributed by atoms with Gasteiger partial charge in [-0.25, -0.2) is 0 Å². The van der Waals surface area contributed by atoms with Gasteiger partial charge in [-0.15, -0.1) is 11.3 Å². The summed E-state index contributed by atoms with van der Waals surface area (Å²) in [5.41, 5.74) is 1.40. The normalized spacial score (nSPS) is 15.4. The number of hydrogen-bond donors (Lipinski definition) is 1. The van der Waals surface area contributed by atoms with E-state index in [1.54, 1.807) is 11.3 Å². The van der Waals surface area contributed by atoms with E-state index in [9.17, 15) is 13.2 Å². The fourth-order valence-corrected chi connectivity index (χ4v) is 3.15. The van der Waals surface area contributed by atoms with Crippen LogP contribution in [0.2, 0.25) is 0 Å². The molecule has 2 rings (SSSR count). The van der Waals surface area contributed by atoms with Crippen molar-refractivity contribution in [3.8, 4) is 0 Å². The van der Waals surface area contributed by atoms with E-state index in [-0.39, 0.29) is 6.54 Å². The number of fused-ring (bicyclic) bond motifs is 1. The number of nitrogens with one attached hydrogen (secondary N) is 1. The summed E-state index contributed by atoms with van der Waals surface area (Å²) in [6.45, 7) is 0.569. The fourth-order valence-electron chi connectivity index (χ4n) is 1.92. The predicted molar refractivity (Wildman–Crippen MR) is 58.7 cm³/mol. The van der Waals surface area contributed by atoms with Gasteiger partial charge in [-0.3, -0.25) is 0 Å². The molecule has 0 unspecified atom stereocenters. The molecule has 0 spiro atoms. The third-order valence-corrected chi connectivity index (χ3v) is 3.92. The minimum atomic E-state index is -4.05. The van der Waals surface area contributed by atoms with Gasteiger partial charge in [0.15, 0.2) is 0 Å². The molecule has 1 aliphatic carbocycles. The summed E-state index contributed by atoms with van der Waals surface area (Å²) < 4.78 is 35.6. The fraction of sp³-hybridized carbons (Fsp3) is 0.636. The molecule has 0 radical (unpaired) electrons. The highest BCUT2D eigenvalue weighted by Gasteiger charge is 2.26. The molecule has 90 valence electrons. The minimum absolute atomic E-state index is 0.00602. The number of aryl methyl sites for hydroxylation is 2. The summed E-state index contributed by atoms with van der Waals surface area (Å²) in [5, 5.41) is 2.84. The minimum Gasteiger partial charge on any atom is -0.312 e. The van der Waals surface area contributed by atoms with Gasteiger partial charge in [-0.2, -0.15) is 13.2 Å². The molecule has 0 fully saturated rings. The summed E-state index contributed by atoms with van der Waals surface area (Å²) in [4.78, 5) is 2.58. The second kappa shape index (κ2) is 4.75. The van der Waals surface area contributed by atoms with E-state index in [0.717, 1.165) is 17.7 Å². The van der Waals surface area contributed by atoms with Crippen molar-refractivity contribution in [2.24, 2.45) is 0 Å². The van der Waals surface area contributed by atoms with Gasteiger partial charge in [-0.1, -0.05) is 0 Å². The standard InChI is InChI=1S/C11H14F3NS/c12-11(13,14)4-5-15-7-9-6-8-2-1-3-10(8)16-9/h6,15H,1-5,7H2. The molecule has 0 saturated carbocycles. The SMILES string of the molecule is FC(F)(F)CCNCc1cc2c(s1)CCC2. The largest absolute Gasteiger partial charge is 0.390 e. The first-order valence-corrected chi connectivity index (χ1v) is 6.24. The Morgan fingerprint density at radius 2 is 2.12 bits per heavy atom. The van der Waals surface area contributed by atoms with Gasteiger partial charge in [0.1, 0.15) is 0 Å². The number of rotatable bonds is 4. The van der Waals surface area contributed by atoms with Crippen LogP contribution in [0.5, 0.6) is 0 Å². The molecule has 1 aromatic rings.